The number of aromatic nitrogens is 2. The fraction of sp³-hybridized carbons (Fsp3) is 0.250. The van der Waals surface area contributed by atoms with Crippen LogP contribution < -0.4 is 15.1 Å². The summed E-state index contributed by atoms with van der Waals surface area (Å²) in [6, 6.07) is 23.9. The third-order valence-corrected chi connectivity index (χ3v) is 8.74. The normalized spacial score (nSPS) is 19.7. The first kappa shape index (κ1) is 28.3. The average molecular weight is 589 g/mol. The van der Waals surface area contributed by atoms with Crippen molar-refractivity contribution < 1.29 is 17.9 Å². The van der Waals surface area contributed by atoms with Crippen LogP contribution >= 0.6 is 11.8 Å². The molecule has 0 bridgehead atoms. The highest BCUT2D eigenvalue weighted by atomic mass is 32.2. The lowest BCUT2D eigenvalue weighted by atomic mass is 10.00. The molecule has 1 aliphatic heterocycles. The van der Waals surface area contributed by atoms with E-state index in [2.05, 4.69) is 41.8 Å². The molecular weight excluding hydrogens is 559 g/mol. The van der Waals surface area contributed by atoms with E-state index in [1.54, 1.807) is 18.5 Å². The first-order valence-electron chi connectivity index (χ1n) is 13.7. The van der Waals surface area contributed by atoms with E-state index >= 15 is 0 Å². The molecule has 1 saturated heterocycles. The van der Waals surface area contributed by atoms with Crippen molar-refractivity contribution in [3.05, 3.63) is 96.3 Å². The first-order chi connectivity index (χ1) is 20.1. The Hall–Kier alpha value is -3.86. The van der Waals surface area contributed by atoms with Crippen LogP contribution in [0.3, 0.4) is 0 Å². The Morgan fingerprint density at radius 2 is 1.86 bits per heavy atom. The Morgan fingerprint density at radius 1 is 1.07 bits per heavy atom. The number of para-hydroxylation sites is 1. The summed E-state index contributed by atoms with van der Waals surface area (Å²) >= 11 is 1.53. The van der Waals surface area contributed by atoms with E-state index in [4.69, 9.17) is 5.10 Å². The van der Waals surface area contributed by atoms with Gasteiger partial charge in [-0.05, 0) is 53.3 Å². The number of quaternary nitrogens is 1. The lowest BCUT2D eigenvalue weighted by molar-refractivity contribution is -0.274. The Bertz CT molecular complexity index is 1770. The van der Waals surface area contributed by atoms with Crippen molar-refractivity contribution in [2.45, 2.75) is 38.0 Å². The zero-order valence-corrected chi connectivity index (χ0v) is 23.9. The van der Waals surface area contributed by atoms with Gasteiger partial charge < -0.3 is 4.74 Å². The number of hydrogen-bond acceptors (Lipinski definition) is 4. The molecule has 1 aliphatic rings. The van der Waals surface area contributed by atoms with E-state index in [1.807, 2.05) is 47.2 Å². The van der Waals surface area contributed by atoms with Crippen LogP contribution in [0.15, 0.2) is 90.3 Å². The van der Waals surface area contributed by atoms with Crippen molar-refractivity contribution >= 4 is 45.5 Å². The van der Waals surface area contributed by atoms with Gasteiger partial charge in [-0.2, -0.15) is 0 Å². The monoisotopic (exact) mass is 588 g/mol. The second-order valence-electron chi connectivity index (χ2n) is 10.6. The maximum atomic E-state index is 12.5. The Kier molecular flexibility index (Phi) is 7.46. The second kappa shape index (κ2) is 11.1. The van der Waals surface area contributed by atoms with Gasteiger partial charge in [0.15, 0.2) is 5.69 Å². The Balaban J connectivity index is 1.34. The molecule has 10 heteroatoms. The third-order valence-electron chi connectivity index (χ3n) is 7.57. The molecule has 6 rings (SSSR count). The molecule has 0 N–H and O–H groups in total. The lowest BCUT2D eigenvalue weighted by Gasteiger charge is -2.39. The summed E-state index contributed by atoms with van der Waals surface area (Å²) in [5, 5.41) is 6.99. The fourth-order valence-electron chi connectivity index (χ4n) is 5.57. The number of ether oxygens (including phenoxy) is 1. The van der Waals surface area contributed by atoms with Gasteiger partial charge in [0.05, 0.1) is 17.2 Å². The zero-order valence-electron chi connectivity index (χ0n) is 23.1. The minimum absolute atomic E-state index is 0.132. The van der Waals surface area contributed by atoms with E-state index < -0.39 is 11.9 Å². The van der Waals surface area contributed by atoms with Gasteiger partial charge in [0.1, 0.15) is 18.6 Å². The van der Waals surface area contributed by atoms with E-state index in [-0.39, 0.29) is 10.3 Å². The highest BCUT2D eigenvalue weighted by Crippen LogP contribution is 2.40. The van der Waals surface area contributed by atoms with Crippen molar-refractivity contribution in [1.29, 1.82) is 0 Å². The minimum Gasteiger partial charge on any atom is -0.406 e. The molecule has 6 nitrogen and oxygen atoms in total. The summed E-state index contributed by atoms with van der Waals surface area (Å²) in [6.07, 6.45) is -0.283. The summed E-state index contributed by atoms with van der Waals surface area (Å²) < 4.78 is 43.6. The molecule has 2 radical (unpaired) electrons. The molecule has 0 aliphatic carbocycles. The molecule has 0 saturated carbocycles. The van der Waals surface area contributed by atoms with Gasteiger partial charge in [0.25, 0.3) is 5.50 Å². The summed E-state index contributed by atoms with van der Waals surface area (Å²) in [5.41, 5.74) is 15.9. The predicted molar refractivity (Wildman–Crippen MR) is 163 cm³/mol. The highest BCUT2D eigenvalue weighted by Gasteiger charge is 2.44. The molecule has 1 fully saturated rings. The number of hydrogen-bond donors (Lipinski definition) is 0. The van der Waals surface area contributed by atoms with E-state index in [9.17, 15) is 18.9 Å². The predicted octanol–water partition coefficient (Wildman–Crippen LogP) is 8.03. The maximum absolute atomic E-state index is 12.5. The Morgan fingerprint density at radius 3 is 2.60 bits per heavy atom. The third kappa shape index (κ3) is 5.37. The van der Waals surface area contributed by atoms with Gasteiger partial charge >= 0.3 is 6.36 Å². The number of nitrogens with zero attached hydrogens (tertiary/aromatic N) is 5. The summed E-state index contributed by atoms with van der Waals surface area (Å²) in [7, 11) is 0. The zero-order chi connectivity index (χ0) is 29.5. The summed E-state index contributed by atoms with van der Waals surface area (Å²) in [6.45, 7) is 5.03. The molecule has 42 heavy (non-hydrogen) atoms. The number of fused-ring (bicyclic) bond motifs is 3. The molecule has 2 atom stereocenters. The molecule has 1 aromatic heterocycles. The number of imidazole rings is 1. The van der Waals surface area contributed by atoms with Crippen LogP contribution in [0.4, 0.5) is 18.9 Å². The van der Waals surface area contributed by atoms with Crippen molar-refractivity contribution in [2.24, 2.45) is 5.10 Å². The van der Waals surface area contributed by atoms with Crippen LogP contribution in [0.25, 0.3) is 27.5 Å². The van der Waals surface area contributed by atoms with Crippen molar-refractivity contribution in [3.8, 4) is 11.4 Å². The van der Waals surface area contributed by atoms with Crippen molar-refractivity contribution in [1.82, 2.24) is 19.9 Å². The quantitative estimate of drug-likeness (QED) is 0.149. The number of benzene rings is 4. The maximum Gasteiger partial charge on any atom is 0.573 e. The molecule has 214 valence electrons. The van der Waals surface area contributed by atoms with E-state index in [0.29, 0.717) is 18.2 Å². The van der Waals surface area contributed by atoms with Crippen molar-refractivity contribution in [3.63, 3.8) is 0 Å². The largest absolute Gasteiger partial charge is 0.573 e. The standard InChI is InChI=1S/C32H29F3N5OS/c1-21(2)26-6-3-4-7-29(26)40(16-5-17-42-31(40)36)38-19-22-8-14-27-23(18-22)9-15-28-30(27)37-20-39(28)24-10-12-25(13-11-24)41-32(33,34)35/h3-4,6-15,18-21,31H,5,16-17H2,1-2H3/q+1/b38-19+. The van der Waals surface area contributed by atoms with Gasteiger partial charge in [-0.1, -0.05) is 72.8 Å². The van der Waals surface area contributed by atoms with Gasteiger partial charge in [0, 0.05) is 34.9 Å². The van der Waals surface area contributed by atoms with Gasteiger partial charge in [-0.3, -0.25) is 4.57 Å². The van der Waals surface area contributed by atoms with Crippen LogP contribution in [-0.4, -0.2) is 39.9 Å². The van der Waals surface area contributed by atoms with Crippen LogP contribution in [0.1, 0.15) is 37.3 Å². The average Bonchev–Trinajstić information content (AvgIpc) is 3.41. The number of thioether (sulfide) groups is 1. The molecule has 0 amide bonds. The van der Waals surface area contributed by atoms with Crippen LogP contribution in [-0.2, 0) is 0 Å². The summed E-state index contributed by atoms with van der Waals surface area (Å²) in [5.74, 6) is 0.910. The van der Waals surface area contributed by atoms with Crippen LogP contribution in [0.2, 0.25) is 0 Å². The Labute approximate surface area is 246 Å². The molecule has 5 aromatic rings. The van der Waals surface area contributed by atoms with Gasteiger partial charge in [0.2, 0.25) is 0 Å². The van der Waals surface area contributed by atoms with Gasteiger partial charge in [-0.15, -0.1) is 17.8 Å². The molecule has 0 spiro atoms. The number of rotatable bonds is 6. The molecule has 2 unspecified atom stereocenters. The lowest BCUT2D eigenvalue weighted by Crippen LogP contribution is -2.55. The van der Waals surface area contributed by atoms with E-state index in [0.717, 1.165) is 45.2 Å². The molecule has 4 aromatic carbocycles. The highest BCUT2D eigenvalue weighted by molar-refractivity contribution is 7.99. The second-order valence-corrected chi connectivity index (χ2v) is 11.8. The molecule has 2 heterocycles. The van der Waals surface area contributed by atoms with E-state index in [1.165, 1.54) is 29.5 Å². The van der Waals surface area contributed by atoms with Crippen LogP contribution in [0.5, 0.6) is 5.75 Å². The smallest absolute Gasteiger partial charge is 0.406 e. The first-order valence-corrected chi connectivity index (χ1v) is 14.8. The minimum atomic E-state index is -4.74. The summed E-state index contributed by atoms with van der Waals surface area (Å²) in [4.78, 5) is 4.62. The van der Waals surface area contributed by atoms with Crippen molar-refractivity contribution in [2.75, 3.05) is 12.3 Å². The topological polar surface area (TPSA) is 61.7 Å². The fourth-order valence-corrected chi connectivity index (χ4v) is 6.59. The SMILES string of the molecule is CC(C)c1ccccc1[N+]1(/N=C/c2ccc3c(ccc4c3ncn4-c3ccc(OC(F)(F)F)cc3)c2)CCCSC1[N]. The number of alkyl halides is 3. The van der Waals surface area contributed by atoms with Gasteiger partial charge in [-0.25, -0.2) is 4.98 Å². The molecular formula is C32H29F3N5OS+. The van der Waals surface area contributed by atoms with Crippen LogP contribution in [0, 0.1) is 0 Å². The number of halogens is 3.